The first-order valence-corrected chi connectivity index (χ1v) is 9.72. The first kappa shape index (κ1) is 16.9. The number of benzene rings is 1. The summed E-state index contributed by atoms with van der Waals surface area (Å²) in [6.45, 7) is 6.19. The van der Waals surface area contributed by atoms with Crippen molar-refractivity contribution < 1.29 is 9.90 Å². The third-order valence-electron chi connectivity index (χ3n) is 5.92. The highest BCUT2D eigenvalue weighted by Gasteiger charge is 2.40. The summed E-state index contributed by atoms with van der Waals surface area (Å²) in [5.41, 5.74) is 1.20. The van der Waals surface area contributed by atoms with Gasteiger partial charge in [0, 0.05) is 37.4 Å². The summed E-state index contributed by atoms with van der Waals surface area (Å²) in [4.78, 5) is 19.3. The van der Waals surface area contributed by atoms with E-state index in [0.29, 0.717) is 26.1 Å². The Hall–Kier alpha value is -1.59. The number of nitrogens with zero attached hydrogens (tertiary/aromatic N) is 3. The van der Waals surface area contributed by atoms with Crippen molar-refractivity contribution >= 4 is 11.6 Å². The summed E-state index contributed by atoms with van der Waals surface area (Å²) < 4.78 is 0. The molecule has 0 bridgehead atoms. The highest BCUT2D eigenvalue weighted by Crippen LogP contribution is 2.26. The van der Waals surface area contributed by atoms with Crippen LogP contribution >= 0.6 is 0 Å². The topological polar surface area (TPSA) is 47.0 Å². The average molecular weight is 343 g/mol. The minimum atomic E-state index is -0.741. The molecule has 136 valence electrons. The van der Waals surface area contributed by atoms with Crippen LogP contribution in [0.2, 0.25) is 0 Å². The number of hydrogen-bond acceptors (Lipinski definition) is 4. The zero-order valence-electron chi connectivity index (χ0n) is 15.0. The number of carbonyl (C=O) groups excluding carboxylic acids is 1. The van der Waals surface area contributed by atoms with Crippen molar-refractivity contribution in [3.8, 4) is 0 Å². The van der Waals surface area contributed by atoms with Crippen LogP contribution in [0.3, 0.4) is 0 Å². The van der Waals surface area contributed by atoms with Crippen LogP contribution in [0.25, 0.3) is 0 Å². The van der Waals surface area contributed by atoms with Gasteiger partial charge in [-0.1, -0.05) is 0 Å². The minimum Gasteiger partial charge on any atom is -0.387 e. The van der Waals surface area contributed by atoms with Gasteiger partial charge >= 0.3 is 0 Å². The second-order valence-electron chi connectivity index (χ2n) is 7.93. The molecule has 0 aliphatic carbocycles. The number of hydrogen-bond donors (Lipinski definition) is 1. The smallest absolute Gasteiger partial charge is 0.253 e. The fourth-order valence-corrected chi connectivity index (χ4v) is 4.49. The van der Waals surface area contributed by atoms with Gasteiger partial charge in [-0.15, -0.1) is 0 Å². The number of aliphatic hydroxyl groups is 1. The van der Waals surface area contributed by atoms with Crippen LogP contribution in [0.5, 0.6) is 0 Å². The van der Waals surface area contributed by atoms with Gasteiger partial charge in [-0.3, -0.25) is 4.79 Å². The van der Waals surface area contributed by atoms with E-state index < -0.39 is 5.60 Å². The summed E-state index contributed by atoms with van der Waals surface area (Å²) in [5.74, 6) is 0.0466. The Labute approximate surface area is 150 Å². The van der Waals surface area contributed by atoms with E-state index in [-0.39, 0.29) is 5.91 Å². The number of carbonyl (C=O) groups is 1. The molecular formula is C20H29N3O2. The van der Waals surface area contributed by atoms with Crippen molar-refractivity contribution in [1.82, 2.24) is 9.80 Å². The number of amides is 1. The molecule has 1 aromatic carbocycles. The van der Waals surface area contributed by atoms with Gasteiger partial charge in [0.1, 0.15) is 0 Å². The van der Waals surface area contributed by atoms with Crippen LogP contribution in [0.15, 0.2) is 24.3 Å². The maximum atomic E-state index is 12.8. The van der Waals surface area contributed by atoms with Gasteiger partial charge in [0.05, 0.1) is 12.1 Å². The minimum absolute atomic E-state index is 0.0466. The van der Waals surface area contributed by atoms with Gasteiger partial charge in [-0.2, -0.15) is 0 Å². The fraction of sp³-hybridized carbons (Fsp3) is 0.650. The number of anilines is 1. The van der Waals surface area contributed by atoms with Gasteiger partial charge in [-0.25, -0.2) is 0 Å². The molecule has 0 saturated carbocycles. The molecular weight excluding hydrogens is 314 g/mol. The molecule has 1 unspecified atom stereocenters. The van der Waals surface area contributed by atoms with Gasteiger partial charge < -0.3 is 19.8 Å². The maximum Gasteiger partial charge on any atom is 0.253 e. The van der Waals surface area contributed by atoms with Gasteiger partial charge in [-0.05, 0) is 69.5 Å². The third kappa shape index (κ3) is 3.67. The summed E-state index contributed by atoms with van der Waals surface area (Å²) >= 11 is 0. The Morgan fingerprint density at radius 3 is 2.28 bits per heavy atom. The SMILES string of the molecule is O=C(c1ccc(N2CCCC2)cc1)N1CCC(O)(CN2CCCC2)C1. The molecule has 3 saturated heterocycles. The Balaban J connectivity index is 1.37. The molecule has 1 aromatic rings. The number of rotatable bonds is 4. The fourth-order valence-electron chi connectivity index (χ4n) is 4.49. The van der Waals surface area contributed by atoms with Crippen LogP contribution in [-0.4, -0.2) is 72.2 Å². The molecule has 25 heavy (non-hydrogen) atoms. The number of likely N-dealkylation sites (tertiary alicyclic amines) is 2. The van der Waals surface area contributed by atoms with Gasteiger partial charge in [0.15, 0.2) is 0 Å². The first-order valence-electron chi connectivity index (χ1n) is 9.72. The summed E-state index contributed by atoms with van der Waals surface area (Å²) in [6, 6.07) is 8.00. The van der Waals surface area contributed by atoms with Crippen LogP contribution in [0.4, 0.5) is 5.69 Å². The van der Waals surface area contributed by atoms with Crippen molar-refractivity contribution in [1.29, 1.82) is 0 Å². The lowest BCUT2D eigenvalue weighted by Crippen LogP contribution is -2.45. The molecule has 4 rings (SSSR count). The molecule has 0 spiro atoms. The van der Waals surface area contributed by atoms with E-state index >= 15 is 0 Å². The Morgan fingerprint density at radius 2 is 1.60 bits per heavy atom. The molecule has 3 aliphatic rings. The molecule has 1 atom stereocenters. The summed E-state index contributed by atoms with van der Waals surface area (Å²) in [6.07, 6.45) is 5.64. The Bertz CT molecular complexity index is 606. The van der Waals surface area contributed by atoms with E-state index in [2.05, 4.69) is 21.9 Å². The molecule has 1 N–H and O–H groups in total. The molecule has 0 aromatic heterocycles. The monoisotopic (exact) mass is 343 g/mol. The van der Waals surface area contributed by atoms with Gasteiger partial charge in [0.25, 0.3) is 5.91 Å². The van der Waals surface area contributed by atoms with Crippen molar-refractivity contribution in [2.45, 2.75) is 37.7 Å². The van der Waals surface area contributed by atoms with E-state index in [0.717, 1.165) is 31.7 Å². The van der Waals surface area contributed by atoms with Crippen LogP contribution in [0, 0.1) is 0 Å². The highest BCUT2D eigenvalue weighted by atomic mass is 16.3. The average Bonchev–Trinajstić information content (AvgIpc) is 3.36. The highest BCUT2D eigenvalue weighted by molar-refractivity contribution is 5.94. The third-order valence-corrected chi connectivity index (χ3v) is 5.92. The molecule has 5 nitrogen and oxygen atoms in total. The molecule has 0 radical (unpaired) electrons. The van der Waals surface area contributed by atoms with Crippen molar-refractivity contribution in [2.75, 3.05) is 50.7 Å². The lowest BCUT2D eigenvalue weighted by atomic mass is 10.0. The molecule has 3 heterocycles. The van der Waals surface area contributed by atoms with E-state index in [4.69, 9.17) is 0 Å². The van der Waals surface area contributed by atoms with Crippen molar-refractivity contribution in [3.63, 3.8) is 0 Å². The van der Waals surface area contributed by atoms with E-state index in [1.807, 2.05) is 17.0 Å². The molecule has 3 fully saturated rings. The summed E-state index contributed by atoms with van der Waals surface area (Å²) in [7, 11) is 0. The Kier molecular flexibility index (Phi) is 4.69. The summed E-state index contributed by atoms with van der Waals surface area (Å²) in [5, 5.41) is 10.9. The quantitative estimate of drug-likeness (QED) is 0.908. The van der Waals surface area contributed by atoms with Crippen LogP contribution in [-0.2, 0) is 0 Å². The van der Waals surface area contributed by atoms with E-state index in [1.54, 1.807) is 0 Å². The molecule has 3 aliphatic heterocycles. The van der Waals surface area contributed by atoms with Gasteiger partial charge in [0.2, 0.25) is 0 Å². The van der Waals surface area contributed by atoms with Crippen molar-refractivity contribution in [3.05, 3.63) is 29.8 Å². The first-order chi connectivity index (χ1) is 12.1. The van der Waals surface area contributed by atoms with Crippen LogP contribution < -0.4 is 4.90 Å². The van der Waals surface area contributed by atoms with Crippen LogP contribution in [0.1, 0.15) is 42.5 Å². The normalized spacial score (nSPS) is 27.4. The second-order valence-corrected chi connectivity index (χ2v) is 7.93. The zero-order chi connectivity index (χ0) is 17.3. The van der Waals surface area contributed by atoms with E-state index in [9.17, 15) is 9.90 Å². The number of β-amino-alcohol motifs (C(OH)–C–C–N with tert-alkyl or cyclic N) is 1. The van der Waals surface area contributed by atoms with Crippen molar-refractivity contribution in [2.24, 2.45) is 0 Å². The second kappa shape index (κ2) is 6.96. The predicted molar refractivity (Wildman–Crippen MR) is 99.0 cm³/mol. The standard InChI is InChI=1S/C20H29N3O2/c24-19(17-5-7-18(8-6-17)22-12-3-4-13-22)23-14-9-20(25,16-23)15-21-10-1-2-11-21/h5-8,25H,1-4,9-16H2. The lowest BCUT2D eigenvalue weighted by Gasteiger charge is -2.28. The molecule has 1 amide bonds. The largest absolute Gasteiger partial charge is 0.387 e. The predicted octanol–water partition coefficient (Wildman–Crippen LogP) is 1.96. The van der Waals surface area contributed by atoms with E-state index in [1.165, 1.54) is 31.4 Å². The lowest BCUT2D eigenvalue weighted by molar-refractivity contribution is 0.0175. The molecule has 5 heteroatoms. The Morgan fingerprint density at radius 1 is 0.960 bits per heavy atom. The zero-order valence-corrected chi connectivity index (χ0v) is 15.0. The maximum absolute atomic E-state index is 12.8.